The number of rotatable bonds is 3. The Labute approximate surface area is 147 Å². The van der Waals surface area contributed by atoms with Gasteiger partial charge in [-0.1, -0.05) is 0 Å². The molecule has 3 fully saturated rings. The van der Waals surface area contributed by atoms with Gasteiger partial charge in [-0.15, -0.1) is 0 Å². The van der Waals surface area contributed by atoms with Gasteiger partial charge in [-0.25, -0.2) is 0 Å². The van der Waals surface area contributed by atoms with Crippen LogP contribution in [-0.4, -0.2) is 59.9 Å². The van der Waals surface area contributed by atoms with E-state index in [0.29, 0.717) is 50.6 Å². The first-order chi connectivity index (χ1) is 11.7. The number of nitrogens with zero attached hydrogens (tertiary/aromatic N) is 2. The number of piperidine rings is 1. The van der Waals surface area contributed by atoms with Crippen molar-refractivity contribution in [3.8, 4) is 0 Å². The summed E-state index contributed by atoms with van der Waals surface area (Å²) >= 11 is 1.55. The second kappa shape index (κ2) is 6.84. The third-order valence-corrected chi connectivity index (χ3v) is 6.40. The van der Waals surface area contributed by atoms with Crippen molar-refractivity contribution in [2.45, 2.75) is 44.2 Å². The molecule has 1 aromatic heterocycles. The van der Waals surface area contributed by atoms with Crippen LogP contribution >= 0.6 is 11.3 Å². The Balaban J connectivity index is 1.26. The first-order valence-corrected chi connectivity index (χ1v) is 9.98. The summed E-state index contributed by atoms with van der Waals surface area (Å²) in [6, 6.07) is 3.15. The van der Waals surface area contributed by atoms with Crippen molar-refractivity contribution in [2.24, 2.45) is 5.92 Å². The van der Waals surface area contributed by atoms with Crippen LogP contribution in [0.4, 0.5) is 0 Å². The van der Waals surface area contributed by atoms with E-state index < -0.39 is 0 Å². The summed E-state index contributed by atoms with van der Waals surface area (Å²) in [5, 5.41) is 7.46. The number of carbonyl (C=O) groups excluding carboxylic acids is 2. The molecule has 3 aliphatic rings. The van der Waals surface area contributed by atoms with Gasteiger partial charge in [0.05, 0.1) is 5.56 Å². The highest BCUT2D eigenvalue weighted by Gasteiger charge is 2.35. The molecule has 4 rings (SSSR count). The van der Waals surface area contributed by atoms with Crippen LogP contribution in [0.1, 0.15) is 42.5 Å². The zero-order chi connectivity index (χ0) is 16.5. The molecule has 2 bridgehead atoms. The smallest absolute Gasteiger partial charge is 0.254 e. The van der Waals surface area contributed by atoms with E-state index in [1.165, 1.54) is 12.8 Å². The van der Waals surface area contributed by atoms with Crippen molar-refractivity contribution in [1.82, 2.24) is 15.1 Å². The number of nitrogens with one attached hydrogen (secondary N) is 1. The molecule has 0 aliphatic carbocycles. The molecule has 4 heterocycles. The van der Waals surface area contributed by atoms with Gasteiger partial charge in [-0.3, -0.25) is 9.59 Å². The lowest BCUT2D eigenvalue weighted by atomic mass is 9.89. The average molecular weight is 347 g/mol. The van der Waals surface area contributed by atoms with Gasteiger partial charge in [0.25, 0.3) is 5.91 Å². The number of fused-ring (bicyclic) bond motifs is 2. The minimum Gasteiger partial charge on any atom is -0.339 e. The fraction of sp³-hybridized carbons (Fsp3) is 0.667. The average Bonchev–Trinajstić information content (AvgIpc) is 3.24. The minimum atomic E-state index is 0.0956. The highest BCUT2D eigenvalue weighted by Crippen LogP contribution is 2.33. The summed E-state index contributed by atoms with van der Waals surface area (Å²) in [4.78, 5) is 28.8. The highest BCUT2D eigenvalue weighted by molar-refractivity contribution is 7.08. The summed E-state index contributed by atoms with van der Waals surface area (Å²) in [7, 11) is 0. The van der Waals surface area contributed by atoms with Gasteiger partial charge < -0.3 is 15.1 Å². The maximum atomic E-state index is 12.6. The van der Waals surface area contributed by atoms with Crippen molar-refractivity contribution >= 4 is 23.2 Å². The predicted octanol–water partition coefficient (Wildman–Crippen LogP) is 1.95. The van der Waals surface area contributed by atoms with Crippen LogP contribution in [0.3, 0.4) is 0 Å². The van der Waals surface area contributed by atoms with E-state index in [9.17, 15) is 9.59 Å². The molecular formula is C18H25N3O2S. The summed E-state index contributed by atoms with van der Waals surface area (Å²) in [6.45, 7) is 2.65. The molecule has 0 spiro atoms. The zero-order valence-electron chi connectivity index (χ0n) is 13.9. The van der Waals surface area contributed by atoms with Crippen molar-refractivity contribution < 1.29 is 9.59 Å². The van der Waals surface area contributed by atoms with E-state index in [0.717, 1.165) is 18.4 Å². The molecular weight excluding hydrogens is 322 g/mol. The quantitative estimate of drug-likeness (QED) is 0.909. The van der Waals surface area contributed by atoms with Gasteiger partial charge >= 0.3 is 0 Å². The lowest BCUT2D eigenvalue weighted by Gasteiger charge is -2.36. The van der Waals surface area contributed by atoms with Crippen LogP contribution < -0.4 is 5.32 Å². The largest absolute Gasteiger partial charge is 0.339 e. The normalized spacial score (nSPS) is 29.8. The fourth-order valence-corrected chi connectivity index (χ4v) is 5.08. The van der Waals surface area contributed by atoms with Gasteiger partial charge in [0.1, 0.15) is 0 Å². The Hall–Kier alpha value is -1.40. The molecule has 130 valence electrons. The Bertz CT molecular complexity index is 583. The maximum Gasteiger partial charge on any atom is 0.254 e. The predicted molar refractivity (Wildman–Crippen MR) is 94.1 cm³/mol. The molecule has 0 aromatic carbocycles. The number of hydrogen-bond acceptors (Lipinski definition) is 4. The molecule has 1 N–H and O–H groups in total. The standard InChI is InChI=1S/C18H25N3O2S/c22-17(11-13-9-15-1-2-16(10-13)19-15)20-4-6-21(7-5-20)18(23)14-3-8-24-12-14/h3,8,12-13,15-16,19H,1-2,4-7,9-11H2. The third-order valence-electron chi connectivity index (χ3n) is 5.72. The Morgan fingerprint density at radius 1 is 1.08 bits per heavy atom. The van der Waals surface area contributed by atoms with Gasteiger partial charge in [0.15, 0.2) is 0 Å². The van der Waals surface area contributed by atoms with E-state index in [2.05, 4.69) is 5.32 Å². The van der Waals surface area contributed by atoms with Crippen molar-refractivity contribution in [3.63, 3.8) is 0 Å². The number of carbonyl (C=O) groups is 2. The van der Waals surface area contributed by atoms with E-state index in [-0.39, 0.29) is 11.8 Å². The van der Waals surface area contributed by atoms with Crippen LogP contribution in [0.5, 0.6) is 0 Å². The molecule has 5 nitrogen and oxygen atoms in total. The van der Waals surface area contributed by atoms with E-state index in [4.69, 9.17) is 0 Å². The number of amides is 2. The molecule has 3 aliphatic heterocycles. The molecule has 24 heavy (non-hydrogen) atoms. The Kier molecular flexibility index (Phi) is 4.59. The fourth-order valence-electron chi connectivity index (χ4n) is 4.45. The molecule has 3 saturated heterocycles. The Morgan fingerprint density at radius 2 is 1.75 bits per heavy atom. The number of piperazine rings is 1. The lowest BCUT2D eigenvalue weighted by Crippen LogP contribution is -2.51. The zero-order valence-corrected chi connectivity index (χ0v) is 14.8. The first-order valence-electron chi connectivity index (χ1n) is 9.04. The summed E-state index contributed by atoms with van der Waals surface area (Å²) in [5.74, 6) is 0.920. The van der Waals surface area contributed by atoms with Crippen molar-refractivity contribution in [3.05, 3.63) is 22.4 Å². The van der Waals surface area contributed by atoms with Crippen molar-refractivity contribution in [2.75, 3.05) is 26.2 Å². The van der Waals surface area contributed by atoms with Crippen LogP contribution in [0, 0.1) is 5.92 Å². The molecule has 6 heteroatoms. The molecule has 2 unspecified atom stereocenters. The second-order valence-electron chi connectivity index (χ2n) is 7.36. The van der Waals surface area contributed by atoms with Gasteiger partial charge in [-0.05, 0) is 43.0 Å². The summed E-state index contributed by atoms with van der Waals surface area (Å²) < 4.78 is 0. The Morgan fingerprint density at radius 3 is 2.38 bits per heavy atom. The second-order valence-corrected chi connectivity index (χ2v) is 8.14. The number of thiophene rings is 1. The van der Waals surface area contributed by atoms with Crippen molar-refractivity contribution in [1.29, 1.82) is 0 Å². The third kappa shape index (κ3) is 3.35. The SMILES string of the molecule is O=C(CC1CC2CCC(C1)N2)N1CCN(C(=O)c2ccsc2)CC1. The van der Waals surface area contributed by atoms with E-state index in [1.54, 1.807) is 11.3 Å². The monoisotopic (exact) mass is 347 g/mol. The number of hydrogen-bond donors (Lipinski definition) is 1. The van der Waals surface area contributed by atoms with Gasteiger partial charge in [0.2, 0.25) is 5.91 Å². The van der Waals surface area contributed by atoms with Crippen LogP contribution in [0.2, 0.25) is 0 Å². The summed E-state index contributed by atoms with van der Waals surface area (Å²) in [6.07, 6.45) is 5.54. The van der Waals surface area contributed by atoms with E-state index >= 15 is 0 Å². The minimum absolute atomic E-state index is 0.0956. The van der Waals surface area contributed by atoms with E-state index in [1.807, 2.05) is 26.6 Å². The topological polar surface area (TPSA) is 52.7 Å². The first kappa shape index (κ1) is 16.1. The molecule has 0 saturated carbocycles. The molecule has 2 atom stereocenters. The molecule has 0 radical (unpaired) electrons. The van der Waals surface area contributed by atoms with Crippen LogP contribution in [0.15, 0.2) is 16.8 Å². The molecule has 2 amide bonds. The lowest BCUT2D eigenvalue weighted by molar-refractivity contribution is -0.134. The van der Waals surface area contributed by atoms with Gasteiger partial charge in [0, 0.05) is 50.1 Å². The molecule has 1 aromatic rings. The maximum absolute atomic E-state index is 12.6. The van der Waals surface area contributed by atoms with Crippen LogP contribution in [-0.2, 0) is 4.79 Å². The summed E-state index contributed by atoms with van der Waals surface area (Å²) in [5.41, 5.74) is 0.768. The van der Waals surface area contributed by atoms with Crippen LogP contribution in [0.25, 0.3) is 0 Å². The highest BCUT2D eigenvalue weighted by atomic mass is 32.1. The van der Waals surface area contributed by atoms with Gasteiger partial charge in [-0.2, -0.15) is 11.3 Å².